The number of carbonyl (C=O) groups is 1. The van der Waals surface area contributed by atoms with Gasteiger partial charge in [-0.2, -0.15) is 0 Å². The van der Waals surface area contributed by atoms with Gasteiger partial charge in [-0.25, -0.2) is 4.79 Å². The molecule has 0 saturated heterocycles. The molecule has 2 rings (SSSR count). The monoisotopic (exact) mass is 269 g/mol. The summed E-state index contributed by atoms with van der Waals surface area (Å²) in [6.45, 7) is 0. The van der Waals surface area contributed by atoms with Gasteiger partial charge in [0.25, 0.3) is 5.69 Å². The number of carboxylic acid groups (broad SMARTS) is 1. The van der Waals surface area contributed by atoms with Crippen LogP contribution in [0.15, 0.2) is 48.5 Å². The number of rotatable bonds is 4. The largest absolute Gasteiger partial charge is 0.478 e. The van der Waals surface area contributed by atoms with E-state index in [4.69, 9.17) is 5.11 Å². The molecule has 2 aromatic rings. The zero-order valence-electron chi connectivity index (χ0n) is 10.4. The van der Waals surface area contributed by atoms with Crippen LogP contribution in [-0.2, 0) is 0 Å². The van der Waals surface area contributed by atoms with Gasteiger partial charge >= 0.3 is 5.97 Å². The van der Waals surface area contributed by atoms with Crippen molar-refractivity contribution in [3.63, 3.8) is 0 Å². The predicted molar refractivity (Wildman–Crippen MR) is 75.4 cm³/mol. The molecule has 0 fully saturated rings. The lowest BCUT2D eigenvalue weighted by molar-refractivity contribution is -0.384. The van der Waals surface area contributed by atoms with Crippen LogP contribution in [0.1, 0.15) is 21.5 Å². The summed E-state index contributed by atoms with van der Waals surface area (Å²) in [5.41, 5.74) is 1.97. The number of benzene rings is 2. The van der Waals surface area contributed by atoms with E-state index < -0.39 is 10.9 Å². The molecule has 5 nitrogen and oxygen atoms in total. The highest BCUT2D eigenvalue weighted by Gasteiger charge is 2.02. The van der Waals surface area contributed by atoms with Crippen molar-refractivity contribution in [2.75, 3.05) is 0 Å². The lowest BCUT2D eigenvalue weighted by Crippen LogP contribution is -1.94. The Balaban J connectivity index is 2.12. The van der Waals surface area contributed by atoms with E-state index in [2.05, 4.69) is 0 Å². The SMILES string of the molecule is O=C(O)c1ccc(C=Cc2ccc([N+](=O)[O-])cc2)cc1. The van der Waals surface area contributed by atoms with Crippen LogP contribution in [-0.4, -0.2) is 16.0 Å². The minimum Gasteiger partial charge on any atom is -0.478 e. The number of aromatic carboxylic acids is 1. The van der Waals surface area contributed by atoms with E-state index in [0.29, 0.717) is 0 Å². The van der Waals surface area contributed by atoms with Crippen LogP contribution in [0.3, 0.4) is 0 Å². The predicted octanol–water partition coefficient (Wildman–Crippen LogP) is 3.46. The summed E-state index contributed by atoms with van der Waals surface area (Å²) in [7, 11) is 0. The Kier molecular flexibility index (Phi) is 3.91. The third-order valence-corrected chi connectivity index (χ3v) is 2.73. The van der Waals surface area contributed by atoms with Crippen molar-refractivity contribution < 1.29 is 14.8 Å². The van der Waals surface area contributed by atoms with Gasteiger partial charge in [0.1, 0.15) is 0 Å². The lowest BCUT2D eigenvalue weighted by atomic mass is 10.1. The van der Waals surface area contributed by atoms with Crippen LogP contribution in [0.5, 0.6) is 0 Å². The van der Waals surface area contributed by atoms with Crippen LogP contribution >= 0.6 is 0 Å². The second-order valence-corrected chi connectivity index (χ2v) is 4.11. The molecule has 0 aliphatic carbocycles. The summed E-state index contributed by atoms with van der Waals surface area (Å²) >= 11 is 0. The highest BCUT2D eigenvalue weighted by molar-refractivity contribution is 5.88. The molecule has 0 bridgehead atoms. The van der Waals surface area contributed by atoms with Crippen molar-refractivity contribution in [2.45, 2.75) is 0 Å². The molecule has 0 spiro atoms. The smallest absolute Gasteiger partial charge is 0.335 e. The summed E-state index contributed by atoms with van der Waals surface area (Å²) in [6, 6.07) is 12.6. The van der Waals surface area contributed by atoms with Crippen molar-refractivity contribution in [3.8, 4) is 0 Å². The molecule has 100 valence electrons. The highest BCUT2D eigenvalue weighted by Crippen LogP contribution is 2.14. The summed E-state index contributed by atoms with van der Waals surface area (Å²) in [6.07, 6.45) is 3.62. The maximum Gasteiger partial charge on any atom is 0.335 e. The van der Waals surface area contributed by atoms with Gasteiger partial charge in [0.15, 0.2) is 0 Å². The molecular weight excluding hydrogens is 258 g/mol. The van der Waals surface area contributed by atoms with Crippen molar-refractivity contribution in [2.24, 2.45) is 0 Å². The second-order valence-electron chi connectivity index (χ2n) is 4.11. The van der Waals surface area contributed by atoms with Crippen molar-refractivity contribution >= 4 is 23.8 Å². The maximum atomic E-state index is 10.7. The minimum absolute atomic E-state index is 0.0490. The minimum atomic E-state index is -0.962. The quantitative estimate of drug-likeness (QED) is 0.523. The fourth-order valence-electron chi connectivity index (χ4n) is 1.64. The first-order valence-electron chi connectivity index (χ1n) is 5.82. The second kappa shape index (κ2) is 5.79. The van der Waals surface area contributed by atoms with Crippen LogP contribution in [0, 0.1) is 10.1 Å². The zero-order chi connectivity index (χ0) is 14.5. The molecule has 0 radical (unpaired) electrons. The van der Waals surface area contributed by atoms with Gasteiger partial charge in [-0.3, -0.25) is 10.1 Å². The standard InChI is InChI=1S/C15H11NO4/c17-15(18)13-7-3-11(4-8-13)1-2-12-5-9-14(10-6-12)16(19)20/h1-10H,(H,17,18). The Morgan fingerprint density at radius 1 is 0.950 bits per heavy atom. The van der Waals surface area contributed by atoms with Gasteiger partial charge in [-0.05, 0) is 35.4 Å². The first-order valence-corrected chi connectivity index (χ1v) is 5.82. The molecule has 2 aromatic carbocycles. The number of nitro benzene ring substituents is 1. The zero-order valence-corrected chi connectivity index (χ0v) is 10.4. The van der Waals surface area contributed by atoms with E-state index in [9.17, 15) is 14.9 Å². The third kappa shape index (κ3) is 3.29. The molecule has 1 N–H and O–H groups in total. The van der Waals surface area contributed by atoms with Gasteiger partial charge in [0, 0.05) is 12.1 Å². The van der Waals surface area contributed by atoms with Crippen molar-refractivity contribution in [1.82, 2.24) is 0 Å². The van der Waals surface area contributed by atoms with E-state index >= 15 is 0 Å². The fraction of sp³-hybridized carbons (Fsp3) is 0. The molecule has 0 saturated carbocycles. The lowest BCUT2D eigenvalue weighted by Gasteiger charge is -1.97. The average Bonchev–Trinajstić information content (AvgIpc) is 2.46. The van der Waals surface area contributed by atoms with Gasteiger partial charge in [0.05, 0.1) is 10.5 Å². The summed E-state index contributed by atoms with van der Waals surface area (Å²) in [4.78, 5) is 20.8. The molecule has 5 heteroatoms. The summed E-state index contributed by atoms with van der Waals surface area (Å²) in [5.74, 6) is -0.962. The Bertz CT molecular complexity index is 598. The van der Waals surface area contributed by atoms with Gasteiger partial charge < -0.3 is 5.11 Å². The highest BCUT2D eigenvalue weighted by atomic mass is 16.6. The molecule has 0 unspecified atom stereocenters. The summed E-state index contributed by atoms with van der Waals surface area (Å²) in [5, 5.41) is 19.3. The first-order chi connectivity index (χ1) is 9.56. The average molecular weight is 269 g/mol. The molecule has 0 aromatic heterocycles. The number of non-ortho nitro benzene ring substituents is 1. The van der Waals surface area contributed by atoms with Crippen LogP contribution < -0.4 is 0 Å². The Morgan fingerprint density at radius 2 is 1.40 bits per heavy atom. The van der Waals surface area contributed by atoms with E-state index in [1.165, 1.54) is 24.3 Å². The Hall–Kier alpha value is -2.95. The fourth-order valence-corrected chi connectivity index (χ4v) is 1.64. The van der Waals surface area contributed by atoms with E-state index in [0.717, 1.165) is 11.1 Å². The number of nitrogens with zero attached hydrogens (tertiary/aromatic N) is 1. The third-order valence-electron chi connectivity index (χ3n) is 2.73. The molecular formula is C15H11NO4. The molecule has 0 aliphatic rings. The van der Waals surface area contributed by atoms with Crippen LogP contribution in [0.25, 0.3) is 12.2 Å². The molecule has 0 heterocycles. The van der Waals surface area contributed by atoms with Crippen molar-refractivity contribution in [3.05, 3.63) is 75.3 Å². The molecule has 20 heavy (non-hydrogen) atoms. The summed E-state index contributed by atoms with van der Waals surface area (Å²) < 4.78 is 0. The van der Waals surface area contributed by atoms with Gasteiger partial charge in [-0.1, -0.05) is 24.3 Å². The van der Waals surface area contributed by atoms with Crippen molar-refractivity contribution in [1.29, 1.82) is 0 Å². The molecule has 0 aliphatic heterocycles. The molecule has 0 atom stereocenters. The number of carboxylic acids is 1. The number of hydrogen-bond acceptors (Lipinski definition) is 3. The molecule has 0 amide bonds. The van der Waals surface area contributed by atoms with Gasteiger partial charge in [0.2, 0.25) is 0 Å². The van der Waals surface area contributed by atoms with Crippen LogP contribution in [0.2, 0.25) is 0 Å². The topological polar surface area (TPSA) is 80.4 Å². The van der Waals surface area contributed by atoms with Crippen LogP contribution in [0.4, 0.5) is 5.69 Å². The Morgan fingerprint density at radius 3 is 1.80 bits per heavy atom. The number of nitro groups is 1. The van der Waals surface area contributed by atoms with E-state index in [-0.39, 0.29) is 11.3 Å². The van der Waals surface area contributed by atoms with Gasteiger partial charge in [-0.15, -0.1) is 0 Å². The maximum absolute atomic E-state index is 10.7. The van der Waals surface area contributed by atoms with E-state index in [1.807, 2.05) is 6.08 Å². The first kappa shape index (κ1) is 13.5. The number of hydrogen-bond donors (Lipinski definition) is 1. The Labute approximate surface area is 115 Å². The van der Waals surface area contributed by atoms with E-state index in [1.54, 1.807) is 30.3 Å². The normalized spacial score (nSPS) is 10.6.